The van der Waals surface area contributed by atoms with Crippen LogP contribution in [-0.4, -0.2) is 47.4 Å². The average Bonchev–Trinajstić information content (AvgIpc) is 3.31. The summed E-state index contributed by atoms with van der Waals surface area (Å²) in [6.07, 6.45) is 67.0. The zero-order chi connectivity index (χ0) is 47.2. The molecule has 2 unspecified atom stereocenters. The van der Waals surface area contributed by atoms with Gasteiger partial charge >= 0.3 is 5.97 Å². The van der Waals surface area contributed by atoms with Crippen LogP contribution in [0.1, 0.15) is 303 Å². The highest BCUT2D eigenvalue weighted by molar-refractivity contribution is 5.76. The summed E-state index contributed by atoms with van der Waals surface area (Å²) < 4.78 is 5.46. The summed E-state index contributed by atoms with van der Waals surface area (Å²) in [5.41, 5.74) is 0. The Bertz CT molecular complexity index is 1060. The molecule has 65 heavy (non-hydrogen) atoms. The third kappa shape index (κ3) is 51.3. The quantitative estimate of drug-likeness (QED) is 0.0244. The summed E-state index contributed by atoms with van der Waals surface area (Å²) in [7, 11) is 0. The minimum absolute atomic E-state index is 0.0222. The monoisotopic (exact) mass is 914 g/mol. The molecule has 0 fully saturated rings. The highest BCUT2D eigenvalue weighted by atomic mass is 16.5. The lowest BCUT2D eigenvalue weighted by molar-refractivity contribution is -0.143. The van der Waals surface area contributed by atoms with Crippen LogP contribution in [0.3, 0.4) is 0 Å². The molecule has 0 saturated heterocycles. The number of hydrogen-bond acceptors (Lipinski definition) is 5. The number of carbonyl (C=O) groups excluding carboxylic acids is 2. The lowest BCUT2D eigenvalue weighted by Gasteiger charge is -2.22. The van der Waals surface area contributed by atoms with Gasteiger partial charge in [-0.25, -0.2) is 0 Å². The van der Waals surface area contributed by atoms with Crippen molar-refractivity contribution in [1.82, 2.24) is 5.32 Å². The molecule has 0 aliphatic heterocycles. The van der Waals surface area contributed by atoms with Gasteiger partial charge in [0.2, 0.25) is 5.91 Å². The summed E-state index contributed by atoms with van der Waals surface area (Å²) in [6.45, 7) is 4.90. The van der Waals surface area contributed by atoms with Crippen LogP contribution in [0.25, 0.3) is 0 Å². The van der Waals surface area contributed by atoms with Gasteiger partial charge < -0.3 is 20.3 Å². The van der Waals surface area contributed by atoms with Crippen molar-refractivity contribution < 1.29 is 24.5 Å². The summed E-state index contributed by atoms with van der Waals surface area (Å²) in [4.78, 5) is 24.5. The van der Waals surface area contributed by atoms with Gasteiger partial charge in [0.15, 0.2) is 0 Å². The molecule has 0 radical (unpaired) electrons. The molecule has 2 atom stereocenters. The Hall–Kier alpha value is -1.92. The molecule has 6 heteroatoms. The number of aliphatic hydroxyl groups is 2. The maximum Gasteiger partial charge on any atom is 0.305 e. The molecule has 0 bridgehead atoms. The van der Waals surface area contributed by atoms with E-state index in [4.69, 9.17) is 4.74 Å². The third-order valence-corrected chi connectivity index (χ3v) is 13.2. The van der Waals surface area contributed by atoms with Crippen molar-refractivity contribution in [2.75, 3.05) is 13.2 Å². The second-order valence-corrected chi connectivity index (χ2v) is 19.6. The number of nitrogens with one attached hydrogen (secondary N) is 1. The van der Waals surface area contributed by atoms with Crippen molar-refractivity contribution in [3.05, 3.63) is 36.5 Å². The lowest BCUT2D eigenvalue weighted by Crippen LogP contribution is -2.45. The van der Waals surface area contributed by atoms with Crippen molar-refractivity contribution in [3.8, 4) is 0 Å². The number of rotatable bonds is 53. The standard InChI is InChI=1S/C59H111NO5/c1-3-5-7-9-11-13-15-17-19-20-21-22-25-29-33-37-41-45-49-53-59(64)65-54-50-46-42-38-34-30-26-23-24-28-32-36-40-44-48-52-58(63)60-56(55-61)57(62)51-47-43-39-35-31-27-18-16-14-12-10-8-6-4-2/h17,19,23,26,30,34,56-57,61-62H,3-16,18,20-22,24-25,27-29,31-33,35-55H2,1-2H3,(H,60,63)/b19-17-,26-23-,34-30-. The number of amides is 1. The summed E-state index contributed by atoms with van der Waals surface area (Å²) >= 11 is 0. The molecule has 0 heterocycles. The predicted molar refractivity (Wildman–Crippen MR) is 283 cm³/mol. The first-order valence-corrected chi connectivity index (χ1v) is 28.8. The van der Waals surface area contributed by atoms with E-state index in [1.807, 2.05) is 0 Å². The van der Waals surface area contributed by atoms with E-state index < -0.39 is 12.1 Å². The van der Waals surface area contributed by atoms with E-state index in [0.29, 0.717) is 25.9 Å². The van der Waals surface area contributed by atoms with E-state index in [0.717, 1.165) is 77.0 Å². The van der Waals surface area contributed by atoms with E-state index >= 15 is 0 Å². The molecule has 0 rings (SSSR count). The number of ether oxygens (including phenoxy) is 1. The number of allylic oxidation sites excluding steroid dienone is 6. The molecular weight excluding hydrogens is 803 g/mol. The summed E-state index contributed by atoms with van der Waals surface area (Å²) in [5.74, 6) is -0.0794. The van der Waals surface area contributed by atoms with Crippen LogP contribution in [0.5, 0.6) is 0 Å². The second kappa shape index (κ2) is 54.7. The van der Waals surface area contributed by atoms with E-state index in [2.05, 4.69) is 55.6 Å². The van der Waals surface area contributed by atoms with Crippen LogP contribution in [0.15, 0.2) is 36.5 Å². The van der Waals surface area contributed by atoms with Crippen LogP contribution in [-0.2, 0) is 14.3 Å². The van der Waals surface area contributed by atoms with E-state index in [9.17, 15) is 19.8 Å². The molecule has 382 valence electrons. The molecule has 3 N–H and O–H groups in total. The smallest absolute Gasteiger partial charge is 0.305 e. The number of aliphatic hydroxyl groups excluding tert-OH is 2. The molecule has 0 saturated carbocycles. The largest absolute Gasteiger partial charge is 0.466 e. The van der Waals surface area contributed by atoms with Crippen LogP contribution in [0.4, 0.5) is 0 Å². The Morgan fingerprint density at radius 2 is 0.769 bits per heavy atom. The minimum atomic E-state index is -0.679. The molecule has 6 nitrogen and oxygen atoms in total. The first kappa shape index (κ1) is 63.1. The zero-order valence-electron chi connectivity index (χ0n) is 43.5. The SMILES string of the molecule is CCCCCCCC/C=C\CCCCCCCCCCCC(=O)OCCCCC/C=C\C=C/CCCCCCCCC(=O)NC(CO)C(O)CCCCCCCCCCCCCCCC. The number of hydrogen-bond donors (Lipinski definition) is 3. The Labute approximate surface area is 404 Å². The second-order valence-electron chi connectivity index (χ2n) is 19.6. The molecule has 0 aliphatic carbocycles. The first-order valence-electron chi connectivity index (χ1n) is 28.8. The van der Waals surface area contributed by atoms with Crippen LogP contribution < -0.4 is 5.32 Å². The van der Waals surface area contributed by atoms with Crippen LogP contribution in [0.2, 0.25) is 0 Å². The fraction of sp³-hybridized carbons (Fsp3) is 0.864. The molecule has 0 aromatic carbocycles. The van der Waals surface area contributed by atoms with Crippen molar-refractivity contribution in [2.24, 2.45) is 0 Å². The predicted octanol–water partition coefficient (Wildman–Crippen LogP) is 17.6. The normalized spacial score (nSPS) is 12.9. The van der Waals surface area contributed by atoms with Crippen molar-refractivity contribution in [2.45, 2.75) is 315 Å². The molecule has 0 spiro atoms. The first-order chi connectivity index (χ1) is 32.0. The molecule has 0 aromatic heterocycles. The van der Waals surface area contributed by atoms with Gasteiger partial charge in [-0.2, -0.15) is 0 Å². The Morgan fingerprint density at radius 3 is 1.18 bits per heavy atom. The van der Waals surface area contributed by atoms with Crippen molar-refractivity contribution in [1.29, 1.82) is 0 Å². The van der Waals surface area contributed by atoms with E-state index in [1.165, 1.54) is 193 Å². The fourth-order valence-corrected chi connectivity index (χ4v) is 8.74. The fourth-order valence-electron chi connectivity index (χ4n) is 8.74. The molecular formula is C59H111NO5. The third-order valence-electron chi connectivity index (χ3n) is 13.2. The van der Waals surface area contributed by atoms with Gasteiger partial charge in [0.25, 0.3) is 0 Å². The Balaban J connectivity index is 3.50. The van der Waals surface area contributed by atoms with Gasteiger partial charge in [0, 0.05) is 12.8 Å². The van der Waals surface area contributed by atoms with E-state index in [1.54, 1.807) is 0 Å². The van der Waals surface area contributed by atoms with Gasteiger partial charge in [0.1, 0.15) is 0 Å². The van der Waals surface area contributed by atoms with Crippen LogP contribution in [0, 0.1) is 0 Å². The van der Waals surface area contributed by atoms with Gasteiger partial charge in [-0.05, 0) is 83.5 Å². The number of esters is 1. The zero-order valence-corrected chi connectivity index (χ0v) is 43.5. The summed E-state index contributed by atoms with van der Waals surface area (Å²) in [6, 6.07) is -0.558. The minimum Gasteiger partial charge on any atom is -0.466 e. The number of carbonyl (C=O) groups is 2. The van der Waals surface area contributed by atoms with E-state index in [-0.39, 0.29) is 18.5 Å². The molecule has 0 aliphatic rings. The molecule has 1 amide bonds. The number of unbranched alkanes of at least 4 members (excludes halogenated alkanes) is 37. The highest BCUT2D eigenvalue weighted by Gasteiger charge is 2.20. The average molecular weight is 915 g/mol. The molecule has 0 aromatic rings. The Kier molecular flexibility index (Phi) is 53.1. The van der Waals surface area contributed by atoms with Crippen molar-refractivity contribution in [3.63, 3.8) is 0 Å². The van der Waals surface area contributed by atoms with Crippen molar-refractivity contribution >= 4 is 11.9 Å². The van der Waals surface area contributed by atoms with Gasteiger partial charge in [-0.15, -0.1) is 0 Å². The highest BCUT2D eigenvalue weighted by Crippen LogP contribution is 2.16. The van der Waals surface area contributed by atoms with Gasteiger partial charge in [0.05, 0.1) is 25.4 Å². The lowest BCUT2D eigenvalue weighted by atomic mass is 10.0. The Morgan fingerprint density at radius 1 is 0.431 bits per heavy atom. The summed E-state index contributed by atoms with van der Waals surface area (Å²) in [5, 5.41) is 23.2. The van der Waals surface area contributed by atoms with Gasteiger partial charge in [-0.1, -0.05) is 243 Å². The maximum absolute atomic E-state index is 12.5. The maximum atomic E-state index is 12.5. The van der Waals surface area contributed by atoms with Gasteiger partial charge in [-0.3, -0.25) is 9.59 Å². The topological polar surface area (TPSA) is 95.9 Å². The van der Waals surface area contributed by atoms with Crippen LogP contribution >= 0.6 is 0 Å².